The van der Waals surface area contributed by atoms with E-state index in [4.69, 9.17) is 0 Å². The molecule has 0 saturated carbocycles. The zero-order valence-corrected chi connectivity index (χ0v) is 12.2. The number of carbonyl (C=O) groups is 2. The van der Waals surface area contributed by atoms with Crippen molar-refractivity contribution in [2.45, 2.75) is 18.9 Å². The van der Waals surface area contributed by atoms with Gasteiger partial charge in [0.15, 0.2) is 0 Å². The molecule has 0 radical (unpaired) electrons. The molecule has 3 rings (SSSR count). The predicted octanol–water partition coefficient (Wildman–Crippen LogP) is -0.191. The Morgan fingerprint density at radius 1 is 1.19 bits per heavy atom. The smallest absolute Gasteiger partial charge is 0.320 e. The van der Waals surface area contributed by atoms with Crippen molar-refractivity contribution >= 4 is 11.9 Å². The summed E-state index contributed by atoms with van der Waals surface area (Å²) in [6, 6.07) is 0.311. The molecule has 0 unspecified atom stereocenters. The number of likely N-dealkylation sites (tertiary alicyclic amines) is 1. The van der Waals surface area contributed by atoms with Crippen LogP contribution in [0, 0.1) is 0 Å². The molecular weight excluding hydrogens is 272 g/mol. The highest BCUT2D eigenvalue weighted by Crippen LogP contribution is 2.22. The fourth-order valence-corrected chi connectivity index (χ4v) is 2.92. The van der Waals surface area contributed by atoms with Crippen LogP contribution in [0.4, 0.5) is 4.79 Å². The normalized spacial score (nSPS) is 20.4. The Kier molecular flexibility index (Phi) is 3.76. The van der Waals surface area contributed by atoms with Gasteiger partial charge in [-0.05, 0) is 12.8 Å². The van der Waals surface area contributed by atoms with E-state index in [1.54, 1.807) is 29.5 Å². The fraction of sp³-hybridized carbons (Fsp3) is 0.692. The van der Waals surface area contributed by atoms with Gasteiger partial charge in [-0.2, -0.15) is 0 Å². The van der Waals surface area contributed by atoms with E-state index in [2.05, 4.69) is 10.2 Å². The van der Waals surface area contributed by atoms with Crippen molar-refractivity contribution in [3.05, 3.63) is 12.7 Å². The quantitative estimate of drug-likeness (QED) is 0.774. The molecule has 3 heterocycles. The van der Waals surface area contributed by atoms with E-state index in [9.17, 15) is 9.59 Å². The van der Waals surface area contributed by atoms with Crippen LogP contribution in [0.2, 0.25) is 0 Å². The Morgan fingerprint density at radius 3 is 2.43 bits per heavy atom. The molecule has 2 aliphatic rings. The summed E-state index contributed by atoms with van der Waals surface area (Å²) >= 11 is 0. The fourth-order valence-electron chi connectivity index (χ4n) is 2.92. The van der Waals surface area contributed by atoms with E-state index < -0.39 is 0 Å². The van der Waals surface area contributed by atoms with Crippen molar-refractivity contribution in [1.29, 1.82) is 0 Å². The standard InChI is InChI=1S/C13H20N6O2/c1-16-6-7-18(13(16)21)8-12(20)17-4-2-11(3-5-17)19-9-14-15-10-19/h9-11H,2-8H2,1H3. The van der Waals surface area contributed by atoms with Crippen molar-refractivity contribution in [2.24, 2.45) is 0 Å². The van der Waals surface area contributed by atoms with Gasteiger partial charge in [0.1, 0.15) is 19.2 Å². The maximum Gasteiger partial charge on any atom is 0.320 e. The van der Waals surface area contributed by atoms with Crippen molar-refractivity contribution in [2.75, 3.05) is 39.8 Å². The molecular formula is C13H20N6O2. The van der Waals surface area contributed by atoms with E-state index >= 15 is 0 Å². The zero-order valence-electron chi connectivity index (χ0n) is 12.2. The minimum absolute atomic E-state index is 0.0425. The number of hydrogen-bond donors (Lipinski definition) is 0. The van der Waals surface area contributed by atoms with E-state index in [1.807, 2.05) is 9.47 Å². The monoisotopic (exact) mass is 292 g/mol. The maximum atomic E-state index is 12.3. The number of hydrogen-bond acceptors (Lipinski definition) is 4. The molecule has 1 aromatic heterocycles. The van der Waals surface area contributed by atoms with Crippen molar-refractivity contribution in [3.8, 4) is 0 Å². The molecule has 0 atom stereocenters. The zero-order chi connectivity index (χ0) is 14.8. The second-order valence-corrected chi connectivity index (χ2v) is 5.65. The molecule has 21 heavy (non-hydrogen) atoms. The lowest BCUT2D eigenvalue weighted by molar-refractivity contribution is -0.132. The van der Waals surface area contributed by atoms with Crippen LogP contribution in [0.1, 0.15) is 18.9 Å². The van der Waals surface area contributed by atoms with Crippen LogP contribution >= 0.6 is 0 Å². The summed E-state index contributed by atoms with van der Waals surface area (Å²) in [6.07, 6.45) is 5.25. The SMILES string of the molecule is CN1CCN(CC(=O)N2CCC(n3cnnc3)CC2)C1=O. The average molecular weight is 292 g/mol. The third-order valence-corrected chi connectivity index (χ3v) is 4.30. The molecule has 0 aliphatic carbocycles. The summed E-state index contributed by atoms with van der Waals surface area (Å²) in [4.78, 5) is 29.2. The second kappa shape index (κ2) is 5.71. The third-order valence-electron chi connectivity index (χ3n) is 4.30. The molecule has 0 N–H and O–H groups in total. The number of aromatic nitrogens is 3. The van der Waals surface area contributed by atoms with Gasteiger partial charge in [0.25, 0.3) is 0 Å². The van der Waals surface area contributed by atoms with Gasteiger partial charge < -0.3 is 19.3 Å². The highest BCUT2D eigenvalue weighted by Gasteiger charge is 2.30. The first-order valence-corrected chi connectivity index (χ1v) is 7.27. The Labute approximate surface area is 123 Å². The van der Waals surface area contributed by atoms with Crippen molar-refractivity contribution in [3.63, 3.8) is 0 Å². The van der Waals surface area contributed by atoms with Crippen LogP contribution < -0.4 is 0 Å². The van der Waals surface area contributed by atoms with Gasteiger partial charge in [-0.15, -0.1) is 10.2 Å². The molecule has 0 spiro atoms. The van der Waals surface area contributed by atoms with E-state index in [1.165, 1.54) is 0 Å². The summed E-state index contributed by atoms with van der Waals surface area (Å²) < 4.78 is 2.00. The first-order valence-electron chi connectivity index (χ1n) is 7.27. The highest BCUT2D eigenvalue weighted by molar-refractivity contribution is 5.85. The summed E-state index contributed by atoms with van der Waals surface area (Å²) in [5, 5.41) is 7.64. The summed E-state index contributed by atoms with van der Waals surface area (Å²) in [7, 11) is 1.76. The lowest BCUT2D eigenvalue weighted by Gasteiger charge is -2.33. The number of nitrogens with zero attached hydrogens (tertiary/aromatic N) is 6. The predicted molar refractivity (Wildman–Crippen MR) is 74.5 cm³/mol. The molecule has 0 bridgehead atoms. The molecule has 8 nitrogen and oxygen atoms in total. The van der Waals surface area contributed by atoms with Crippen LogP contribution in [0.3, 0.4) is 0 Å². The average Bonchev–Trinajstić information content (AvgIpc) is 3.13. The minimum atomic E-state index is -0.0530. The third kappa shape index (κ3) is 2.84. The second-order valence-electron chi connectivity index (χ2n) is 5.65. The van der Waals surface area contributed by atoms with E-state index in [-0.39, 0.29) is 18.5 Å². The number of urea groups is 1. The number of rotatable bonds is 3. The van der Waals surface area contributed by atoms with Crippen LogP contribution in [0.25, 0.3) is 0 Å². The Hall–Kier alpha value is -2.12. The van der Waals surface area contributed by atoms with Gasteiger partial charge in [-0.3, -0.25) is 4.79 Å². The lowest BCUT2D eigenvalue weighted by Crippen LogP contribution is -2.45. The van der Waals surface area contributed by atoms with Gasteiger partial charge in [0.05, 0.1) is 0 Å². The molecule has 3 amide bonds. The molecule has 2 saturated heterocycles. The largest absolute Gasteiger partial charge is 0.341 e. The number of likely N-dealkylation sites (N-methyl/N-ethyl adjacent to an activating group) is 1. The molecule has 1 aromatic rings. The van der Waals surface area contributed by atoms with Crippen LogP contribution in [0.5, 0.6) is 0 Å². The topological polar surface area (TPSA) is 74.6 Å². The Morgan fingerprint density at radius 2 is 1.86 bits per heavy atom. The van der Waals surface area contributed by atoms with Gasteiger partial charge in [-0.1, -0.05) is 0 Å². The molecule has 114 valence electrons. The van der Waals surface area contributed by atoms with Crippen LogP contribution in [-0.2, 0) is 4.79 Å². The number of carbonyl (C=O) groups excluding carboxylic acids is 2. The number of amides is 3. The van der Waals surface area contributed by atoms with Gasteiger partial charge in [0.2, 0.25) is 5.91 Å². The van der Waals surface area contributed by atoms with Crippen molar-refractivity contribution < 1.29 is 9.59 Å². The molecule has 0 aromatic carbocycles. The minimum Gasteiger partial charge on any atom is -0.341 e. The van der Waals surface area contributed by atoms with E-state index in [0.717, 1.165) is 25.9 Å². The first kappa shape index (κ1) is 13.8. The molecule has 2 aliphatic heterocycles. The maximum absolute atomic E-state index is 12.3. The molecule has 2 fully saturated rings. The highest BCUT2D eigenvalue weighted by atomic mass is 16.2. The van der Waals surface area contributed by atoms with Crippen LogP contribution in [0.15, 0.2) is 12.7 Å². The van der Waals surface area contributed by atoms with Gasteiger partial charge >= 0.3 is 6.03 Å². The van der Waals surface area contributed by atoms with E-state index in [0.29, 0.717) is 19.1 Å². The lowest BCUT2D eigenvalue weighted by atomic mass is 10.0. The summed E-state index contributed by atoms with van der Waals surface area (Å²) in [5.74, 6) is 0.0425. The van der Waals surface area contributed by atoms with Crippen molar-refractivity contribution in [1.82, 2.24) is 29.5 Å². The Balaban J connectivity index is 1.50. The van der Waals surface area contributed by atoms with Gasteiger partial charge in [-0.25, -0.2) is 4.79 Å². The number of piperidine rings is 1. The van der Waals surface area contributed by atoms with Gasteiger partial charge in [0, 0.05) is 39.3 Å². The first-order chi connectivity index (χ1) is 10.1. The molecule has 8 heteroatoms. The summed E-state index contributed by atoms with van der Waals surface area (Å²) in [5.41, 5.74) is 0. The van der Waals surface area contributed by atoms with Crippen LogP contribution in [-0.4, -0.2) is 81.2 Å². The summed E-state index contributed by atoms with van der Waals surface area (Å²) in [6.45, 7) is 2.97. The Bertz CT molecular complexity index is 509.